The predicted molar refractivity (Wildman–Crippen MR) is 62.8 cm³/mol. The van der Waals surface area contributed by atoms with Gasteiger partial charge >= 0.3 is 5.97 Å². The van der Waals surface area contributed by atoms with Crippen molar-refractivity contribution in [2.45, 2.75) is 32.6 Å². The monoisotopic (exact) mass is 235 g/mol. The van der Waals surface area contributed by atoms with Gasteiger partial charge in [-0.2, -0.15) is 0 Å². The van der Waals surface area contributed by atoms with E-state index < -0.39 is 0 Å². The first-order valence-electron chi connectivity index (χ1n) is 5.82. The first-order valence-corrected chi connectivity index (χ1v) is 5.82. The van der Waals surface area contributed by atoms with Gasteiger partial charge in [-0.25, -0.2) is 0 Å². The highest BCUT2D eigenvalue weighted by atomic mass is 16.7. The largest absolute Gasteiger partial charge is 0.366 e. The van der Waals surface area contributed by atoms with E-state index in [-0.39, 0.29) is 18.3 Å². The number of hydrogen-bond acceptors (Lipinski definition) is 4. The molecule has 4 nitrogen and oxygen atoms in total. The van der Waals surface area contributed by atoms with Crippen LogP contribution in [0.25, 0.3) is 0 Å². The molecule has 1 aromatic carbocycles. The minimum atomic E-state index is -0.307. The zero-order valence-electron chi connectivity index (χ0n) is 10.1. The number of ether oxygens (including phenoxy) is 1. The maximum absolute atomic E-state index is 10.9. The van der Waals surface area contributed by atoms with Crippen LogP contribution in [0.2, 0.25) is 0 Å². The average Bonchev–Trinajstić information content (AvgIpc) is 2.32. The molecule has 0 N–H and O–H groups in total. The van der Waals surface area contributed by atoms with Crippen molar-refractivity contribution >= 4 is 5.97 Å². The SMILES string of the molecule is CC(=O)ON1CC[C@H](c2ccccc2)O[C@@H]1C. The fourth-order valence-electron chi connectivity index (χ4n) is 2.00. The highest BCUT2D eigenvalue weighted by Gasteiger charge is 2.28. The molecule has 2 rings (SSSR count). The van der Waals surface area contributed by atoms with Gasteiger partial charge in [0.05, 0.1) is 6.10 Å². The molecule has 1 heterocycles. The fourth-order valence-corrected chi connectivity index (χ4v) is 2.00. The fraction of sp³-hybridized carbons (Fsp3) is 0.462. The first kappa shape index (κ1) is 12.1. The number of carbonyl (C=O) groups is 1. The molecule has 0 aliphatic carbocycles. The van der Waals surface area contributed by atoms with Gasteiger partial charge in [-0.15, -0.1) is 5.06 Å². The summed E-state index contributed by atoms with van der Waals surface area (Å²) < 4.78 is 5.83. The van der Waals surface area contributed by atoms with E-state index in [9.17, 15) is 4.79 Å². The smallest absolute Gasteiger partial charge is 0.322 e. The van der Waals surface area contributed by atoms with E-state index in [1.165, 1.54) is 12.5 Å². The van der Waals surface area contributed by atoms with Gasteiger partial charge in [0.1, 0.15) is 6.23 Å². The van der Waals surface area contributed by atoms with Gasteiger partial charge in [-0.1, -0.05) is 30.3 Å². The Kier molecular flexibility index (Phi) is 3.76. The molecule has 92 valence electrons. The van der Waals surface area contributed by atoms with Crippen LogP contribution >= 0.6 is 0 Å². The van der Waals surface area contributed by atoms with Crippen LogP contribution in [0, 0.1) is 0 Å². The summed E-state index contributed by atoms with van der Waals surface area (Å²) in [4.78, 5) is 15.9. The summed E-state index contributed by atoms with van der Waals surface area (Å²) in [6.07, 6.45) is 0.692. The summed E-state index contributed by atoms with van der Waals surface area (Å²) in [7, 11) is 0. The number of hydroxylamine groups is 2. The van der Waals surface area contributed by atoms with E-state index in [2.05, 4.69) is 12.1 Å². The molecule has 1 aromatic rings. The van der Waals surface area contributed by atoms with Crippen LogP contribution in [0.3, 0.4) is 0 Å². The van der Waals surface area contributed by atoms with Crippen molar-refractivity contribution in [1.82, 2.24) is 5.06 Å². The standard InChI is InChI=1S/C13H17NO3/c1-10-14(17-11(2)15)9-8-13(16-10)12-6-4-3-5-7-12/h3-7,10,13H,8-9H2,1-2H3/t10-,13-/m1/s1. The summed E-state index contributed by atoms with van der Waals surface area (Å²) in [5, 5.41) is 1.59. The molecule has 0 spiro atoms. The van der Waals surface area contributed by atoms with E-state index in [1.807, 2.05) is 25.1 Å². The third kappa shape index (κ3) is 3.05. The summed E-state index contributed by atoms with van der Waals surface area (Å²) in [6, 6.07) is 10.1. The van der Waals surface area contributed by atoms with Crippen molar-refractivity contribution in [3.63, 3.8) is 0 Å². The van der Waals surface area contributed by atoms with E-state index in [4.69, 9.17) is 9.57 Å². The molecule has 0 radical (unpaired) electrons. The molecule has 17 heavy (non-hydrogen) atoms. The van der Waals surface area contributed by atoms with Crippen LogP contribution in [0.1, 0.15) is 31.9 Å². The number of benzene rings is 1. The molecule has 4 heteroatoms. The quantitative estimate of drug-likeness (QED) is 0.788. The van der Waals surface area contributed by atoms with Crippen molar-refractivity contribution in [2.75, 3.05) is 6.54 Å². The molecule has 0 saturated carbocycles. The molecule has 1 aliphatic heterocycles. The Morgan fingerprint density at radius 2 is 2.12 bits per heavy atom. The third-order valence-electron chi connectivity index (χ3n) is 2.80. The normalized spacial score (nSPS) is 25.5. The van der Waals surface area contributed by atoms with Gasteiger partial charge in [0.25, 0.3) is 0 Å². The van der Waals surface area contributed by atoms with Gasteiger partial charge in [0.2, 0.25) is 0 Å². The minimum absolute atomic E-state index is 0.0815. The zero-order valence-corrected chi connectivity index (χ0v) is 10.1. The van der Waals surface area contributed by atoms with Crippen LogP contribution < -0.4 is 0 Å². The molecule has 0 bridgehead atoms. The lowest BCUT2D eigenvalue weighted by atomic mass is 10.1. The van der Waals surface area contributed by atoms with Gasteiger partial charge in [0, 0.05) is 13.5 Å². The van der Waals surface area contributed by atoms with Crippen LogP contribution in [-0.4, -0.2) is 23.8 Å². The Hall–Kier alpha value is -1.39. The molecule has 0 unspecified atom stereocenters. The molecule has 0 amide bonds. The van der Waals surface area contributed by atoms with Crippen LogP contribution in [-0.2, 0) is 14.4 Å². The highest BCUT2D eigenvalue weighted by Crippen LogP contribution is 2.28. The Bertz CT molecular complexity index is 380. The third-order valence-corrected chi connectivity index (χ3v) is 2.80. The molecule has 0 aromatic heterocycles. The summed E-state index contributed by atoms with van der Waals surface area (Å²) in [5.41, 5.74) is 1.17. The van der Waals surface area contributed by atoms with Gasteiger partial charge in [-0.05, 0) is 18.9 Å². The van der Waals surface area contributed by atoms with Gasteiger partial charge < -0.3 is 9.57 Å². The lowest BCUT2D eigenvalue weighted by Crippen LogP contribution is -2.42. The molecule has 1 saturated heterocycles. The molecule has 1 aliphatic rings. The van der Waals surface area contributed by atoms with E-state index >= 15 is 0 Å². The van der Waals surface area contributed by atoms with Crippen LogP contribution in [0.15, 0.2) is 30.3 Å². The molecule has 2 atom stereocenters. The van der Waals surface area contributed by atoms with Crippen LogP contribution in [0.4, 0.5) is 0 Å². The van der Waals surface area contributed by atoms with E-state index in [0.29, 0.717) is 6.54 Å². The van der Waals surface area contributed by atoms with Crippen molar-refractivity contribution in [3.05, 3.63) is 35.9 Å². The number of hydrogen-bond donors (Lipinski definition) is 0. The Morgan fingerprint density at radius 1 is 1.41 bits per heavy atom. The highest BCUT2D eigenvalue weighted by molar-refractivity contribution is 5.65. The number of rotatable bonds is 2. The second-order valence-electron chi connectivity index (χ2n) is 4.15. The predicted octanol–water partition coefficient (Wildman–Crippen LogP) is 2.27. The molecule has 1 fully saturated rings. The zero-order chi connectivity index (χ0) is 12.3. The second kappa shape index (κ2) is 5.29. The number of nitrogens with zero attached hydrogens (tertiary/aromatic N) is 1. The summed E-state index contributed by atoms with van der Waals surface area (Å²) in [5.74, 6) is -0.307. The first-order chi connectivity index (χ1) is 8.16. The average molecular weight is 235 g/mol. The van der Waals surface area contributed by atoms with Crippen molar-refractivity contribution < 1.29 is 14.4 Å². The Morgan fingerprint density at radius 3 is 2.71 bits per heavy atom. The van der Waals surface area contributed by atoms with Gasteiger partial charge in [0.15, 0.2) is 0 Å². The van der Waals surface area contributed by atoms with Gasteiger partial charge in [-0.3, -0.25) is 4.79 Å². The van der Waals surface area contributed by atoms with E-state index in [1.54, 1.807) is 5.06 Å². The topological polar surface area (TPSA) is 38.8 Å². The second-order valence-corrected chi connectivity index (χ2v) is 4.15. The van der Waals surface area contributed by atoms with Crippen molar-refractivity contribution in [3.8, 4) is 0 Å². The van der Waals surface area contributed by atoms with Crippen LogP contribution in [0.5, 0.6) is 0 Å². The molecular formula is C13H17NO3. The lowest BCUT2D eigenvalue weighted by Gasteiger charge is -2.36. The summed E-state index contributed by atoms with van der Waals surface area (Å²) in [6.45, 7) is 3.98. The van der Waals surface area contributed by atoms with E-state index in [0.717, 1.165) is 6.42 Å². The van der Waals surface area contributed by atoms with Crippen molar-refractivity contribution in [2.24, 2.45) is 0 Å². The summed E-state index contributed by atoms with van der Waals surface area (Å²) >= 11 is 0. The minimum Gasteiger partial charge on any atom is -0.366 e. The Balaban J connectivity index is 1.97. The number of carbonyl (C=O) groups excluding carboxylic acids is 1. The Labute approximate surface area is 101 Å². The maximum Gasteiger partial charge on any atom is 0.322 e. The lowest BCUT2D eigenvalue weighted by molar-refractivity contribution is -0.271. The maximum atomic E-state index is 10.9. The molecular weight excluding hydrogens is 218 g/mol. The van der Waals surface area contributed by atoms with Crippen molar-refractivity contribution in [1.29, 1.82) is 0 Å².